The first-order valence-corrected chi connectivity index (χ1v) is 0.333. The molecule has 0 spiro atoms. The zero-order valence-electron chi connectivity index (χ0n) is 3.86. The number of rotatable bonds is 0. The van der Waals surface area contributed by atoms with Crippen LogP contribution >= 0.6 is 0 Å². The largest absolute Gasteiger partial charge is 1.00 e. The molecule has 3 N–H and O–H groups in total. The SMILES string of the molecule is C#C.N.[H-].[Li+]. The maximum absolute atomic E-state index is 4.00. The molecule has 0 heterocycles. The zero-order valence-corrected chi connectivity index (χ0v) is 2.86. The van der Waals surface area contributed by atoms with Crippen LogP contribution < -0.4 is 25.0 Å². The normalized spacial score (nSPS) is 0.500. The standard InChI is InChI=1S/C2H2.Li.H3N.H/c1-2;;;/h1-2H;;1H3;/q;+1;;-1. The molecule has 0 aromatic rings. The second kappa shape index (κ2) is 1010. The Kier molecular flexibility index (Phi) is 8120. The summed E-state index contributed by atoms with van der Waals surface area (Å²) < 4.78 is 0. The van der Waals surface area contributed by atoms with Crippen molar-refractivity contribution in [3.05, 3.63) is 0 Å². The summed E-state index contributed by atoms with van der Waals surface area (Å²) in [4.78, 5) is 0. The van der Waals surface area contributed by atoms with Gasteiger partial charge < -0.3 is 7.58 Å². The Hall–Kier alpha value is 0.117. The number of hydrogen-bond donors (Lipinski definition) is 1. The summed E-state index contributed by atoms with van der Waals surface area (Å²) in [5.41, 5.74) is 0. The van der Waals surface area contributed by atoms with Gasteiger partial charge in [-0.3, -0.25) is 0 Å². The maximum atomic E-state index is 4.00. The van der Waals surface area contributed by atoms with E-state index in [4.69, 9.17) is 0 Å². The maximum Gasteiger partial charge on any atom is 1.00 e. The Balaban J connectivity index is -0.00000000167. The number of hydrogen-bond acceptors (Lipinski definition) is 1. The van der Waals surface area contributed by atoms with Crippen molar-refractivity contribution in [3.8, 4) is 12.8 Å². The molecule has 0 aliphatic rings. The summed E-state index contributed by atoms with van der Waals surface area (Å²) in [6.07, 6.45) is 8.00. The molecule has 0 amide bonds. The van der Waals surface area contributed by atoms with Crippen molar-refractivity contribution >= 4 is 0 Å². The van der Waals surface area contributed by atoms with Gasteiger partial charge in [-0.25, -0.2) is 0 Å². The molecule has 0 atom stereocenters. The molecule has 0 aromatic carbocycles. The van der Waals surface area contributed by atoms with Gasteiger partial charge in [-0.1, -0.05) is 0 Å². The summed E-state index contributed by atoms with van der Waals surface area (Å²) >= 11 is 0. The van der Waals surface area contributed by atoms with E-state index < -0.39 is 0 Å². The van der Waals surface area contributed by atoms with E-state index in [9.17, 15) is 0 Å². The van der Waals surface area contributed by atoms with E-state index in [1.54, 1.807) is 0 Å². The zero-order chi connectivity index (χ0) is 2.00. The van der Waals surface area contributed by atoms with Crippen LogP contribution in [0.1, 0.15) is 1.43 Å². The van der Waals surface area contributed by atoms with E-state index in [1.165, 1.54) is 0 Å². The van der Waals surface area contributed by atoms with Gasteiger partial charge in [0, 0.05) is 0 Å². The van der Waals surface area contributed by atoms with E-state index in [0.717, 1.165) is 0 Å². The van der Waals surface area contributed by atoms with Crippen LogP contribution in [0.4, 0.5) is 0 Å². The summed E-state index contributed by atoms with van der Waals surface area (Å²) in [6.45, 7) is 0. The van der Waals surface area contributed by atoms with Crippen molar-refractivity contribution in [2.75, 3.05) is 0 Å². The Morgan fingerprint density at radius 2 is 1.25 bits per heavy atom. The van der Waals surface area contributed by atoms with Crippen LogP contribution in [0.5, 0.6) is 0 Å². The van der Waals surface area contributed by atoms with Crippen LogP contribution in [-0.2, 0) is 0 Å². The fourth-order valence-corrected chi connectivity index (χ4v) is 0. The minimum Gasteiger partial charge on any atom is -1.00 e. The third-order valence-corrected chi connectivity index (χ3v) is 0. The molecule has 0 aliphatic heterocycles. The molecular formula is C2H6LiN. The van der Waals surface area contributed by atoms with Gasteiger partial charge >= 0.3 is 18.9 Å². The van der Waals surface area contributed by atoms with Gasteiger partial charge in [0.1, 0.15) is 0 Å². The van der Waals surface area contributed by atoms with Crippen molar-refractivity contribution in [2.24, 2.45) is 0 Å². The minimum absolute atomic E-state index is 0. The molecule has 0 fully saturated rings. The van der Waals surface area contributed by atoms with Gasteiger partial charge in [0.05, 0.1) is 0 Å². The van der Waals surface area contributed by atoms with Crippen molar-refractivity contribution in [2.45, 2.75) is 0 Å². The molecule has 0 saturated carbocycles. The quantitative estimate of drug-likeness (QED) is 0.240. The minimum atomic E-state index is 0. The molecule has 2 heteroatoms. The average Bonchev–Trinajstić information content (AvgIpc) is 1.00. The van der Waals surface area contributed by atoms with Crippen molar-refractivity contribution < 1.29 is 20.3 Å². The Labute approximate surface area is 40.0 Å². The molecule has 0 aliphatic carbocycles. The van der Waals surface area contributed by atoms with Crippen molar-refractivity contribution in [1.29, 1.82) is 0 Å². The molecule has 0 saturated heterocycles. The summed E-state index contributed by atoms with van der Waals surface area (Å²) in [7, 11) is 0. The Morgan fingerprint density at radius 3 is 1.25 bits per heavy atom. The smallest absolute Gasteiger partial charge is 1.00 e. The van der Waals surface area contributed by atoms with Gasteiger partial charge in [-0.2, -0.15) is 0 Å². The predicted molar refractivity (Wildman–Crippen MR) is 16.0 cm³/mol. The monoisotopic (exact) mass is 51.1 g/mol. The summed E-state index contributed by atoms with van der Waals surface area (Å²) in [5.74, 6) is 0. The molecule has 4 heavy (non-hydrogen) atoms. The van der Waals surface area contributed by atoms with Crippen LogP contribution in [0.3, 0.4) is 0 Å². The first kappa shape index (κ1) is 32.0. The van der Waals surface area contributed by atoms with Crippen LogP contribution in [0.2, 0.25) is 0 Å². The first-order valence-electron chi connectivity index (χ1n) is 0.333. The average molecular weight is 51.0 g/mol. The summed E-state index contributed by atoms with van der Waals surface area (Å²) in [5, 5.41) is 0. The van der Waals surface area contributed by atoms with Gasteiger partial charge in [0.2, 0.25) is 0 Å². The van der Waals surface area contributed by atoms with Crippen LogP contribution in [0, 0.1) is 12.8 Å². The van der Waals surface area contributed by atoms with Crippen LogP contribution in [-0.4, -0.2) is 0 Å². The molecule has 20 valence electrons. The third kappa shape index (κ3) is 192. The van der Waals surface area contributed by atoms with Crippen LogP contribution in [0.15, 0.2) is 0 Å². The van der Waals surface area contributed by atoms with E-state index in [2.05, 4.69) is 12.8 Å². The molecule has 0 bridgehead atoms. The second-order valence-corrected chi connectivity index (χ2v) is 0. The van der Waals surface area contributed by atoms with E-state index in [1.807, 2.05) is 0 Å². The second-order valence-electron chi connectivity index (χ2n) is 0. The Morgan fingerprint density at radius 1 is 1.25 bits per heavy atom. The summed E-state index contributed by atoms with van der Waals surface area (Å²) in [6, 6.07) is 0. The van der Waals surface area contributed by atoms with Gasteiger partial charge in [0.15, 0.2) is 0 Å². The third-order valence-electron chi connectivity index (χ3n) is 0. The first-order chi connectivity index (χ1) is 1.00. The van der Waals surface area contributed by atoms with Gasteiger partial charge in [-0.05, 0) is 0 Å². The Bertz CT molecular complexity index is 14.4. The fourth-order valence-electron chi connectivity index (χ4n) is 0. The predicted octanol–water partition coefficient (Wildman–Crippen LogP) is -2.47. The molecule has 0 unspecified atom stereocenters. The molecular weight excluding hydrogens is 45.0 g/mol. The molecule has 0 radical (unpaired) electrons. The van der Waals surface area contributed by atoms with Crippen molar-refractivity contribution in [1.82, 2.24) is 6.15 Å². The topological polar surface area (TPSA) is 35.0 Å². The molecule has 1 nitrogen and oxygen atoms in total. The van der Waals surface area contributed by atoms with E-state index in [0.29, 0.717) is 0 Å². The fraction of sp³-hybridized carbons (Fsp3) is 0. The van der Waals surface area contributed by atoms with E-state index >= 15 is 0 Å². The van der Waals surface area contributed by atoms with Gasteiger partial charge in [-0.15, -0.1) is 12.8 Å². The van der Waals surface area contributed by atoms with E-state index in [-0.39, 0.29) is 26.4 Å². The number of terminal acetylenes is 1. The van der Waals surface area contributed by atoms with Gasteiger partial charge in [0.25, 0.3) is 0 Å². The van der Waals surface area contributed by atoms with Crippen LogP contribution in [0.25, 0.3) is 0 Å². The van der Waals surface area contributed by atoms with Crippen molar-refractivity contribution in [3.63, 3.8) is 0 Å². The molecule has 0 aromatic heterocycles. The molecule has 0 rings (SSSR count).